The Balaban J connectivity index is 2.34. The third-order valence-corrected chi connectivity index (χ3v) is 2.80. The molecule has 0 unspecified atom stereocenters. The fourth-order valence-corrected chi connectivity index (χ4v) is 1.84. The standard InChI is InChI=1S/C13H11ClN2O3/c1-2-5-16-12(18)10(15-13(16)19)7-8-6-9(14)3-4-11(8)17/h2-4,6-7,17H,1,5H2,(H,15,19)/b10-7+. The number of phenols is 1. The van der Waals surface area contributed by atoms with E-state index in [2.05, 4.69) is 11.9 Å². The lowest BCUT2D eigenvalue weighted by Crippen LogP contribution is -2.30. The highest BCUT2D eigenvalue weighted by Crippen LogP contribution is 2.24. The van der Waals surface area contributed by atoms with Gasteiger partial charge in [-0.25, -0.2) is 4.79 Å². The van der Waals surface area contributed by atoms with Crippen LogP contribution in [-0.2, 0) is 4.79 Å². The Morgan fingerprint density at radius 1 is 1.42 bits per heavy atom. The van der Waals surface area contributed by atoms with Crippen molar-refractivity contribution in [3.8, 4) is 5.75 Å². The van der Waals surface area contributed by atoms with E-state index in [1.54, 1.807) is 0 Å². The average Bonchev–Trinajstić information content (AvgIpc) is 2.62. The number of benzene rings is 1. The summed E-state index contributed by atoms with van der Waals surface area (Å²) in [7, 11) is 0. The zero-order valence-corrected chi connectivity index (χ0v) is 10.6. The number of halogens is 1. The summed E-state index contributed by atoms with van der Waals surface area (Å²) in [6.07, 6.45) is 2.84. The van der Waals surface area contributed by atoms with Crippen LogP contribution in [-0.4, -0.2) is 28.5 Å². The SMILES string of the molecule is C=CCN1C(=O)N/C(=C/c2cc(Cl)ccc2O)C1=O. The summed E-state index contributed by atoms with van der Waals surface area (Å²) in [6, 6.07) is 3.92. The van der Waals surface area contributed by atoms with Crippen LogP contribution in [0.25, 0.3) is 6.08 Å². The molecular formula is C13H11ClN2O3. The minimum atomic E-state index is -0.516. The number of amides is 3. The van der Waals surface area contributed by atoms with Gasteiger partial charge in [-0.05, 0) is 24.3 Å². The minimum Gasteiger partial charge on any atom is -0.507 e. The van der Waals surface area contributed by atoms with Crippen molar-refractivity contribution in [1.29, 1.82) is 0 Å². The molecule has 1 heterocycles. The van der Waals surface area contributed by atoms with Gasteiger partial charge in [-0.15, -0.1) is 6.58 Å². The van der Waals surface area contributed by atoms with Gasteiger partial charge in [0, 0.05) is 17.1 Å². The summed E-state index contributed by atoms with van der Waals surface area (Å²) >= 11 is 5.81. The van der Waals surface area contributed by atoms with Gasteiger partial charge in [0.25, 0.3) is 5.91 Å². The molecule has 98 valence electrons. The molecule has 0 bridgehead atoms. The molecule has 0 aromatic heterocycles. The molecule has 1 fully saturated rings. The second-order valence-electron chi connectivity index (χ2n) is 3.90. The van der Waals surface area contributed by atoms with Crippen molar-refractivity contribution >= 4 is 29.6 Å². The van der Waals surface area contributed by atoms with E-state index in [-0.39, 0.29) is 18.0 Å². The van der Waals surface area contributed by atoms with Crippen LogP contribution in [0.3, 0.4) is 0 Å². The predicted octanol–water partition coefficient (Wildman–Crippen LogP) is 2.12. The summed E-state index contributed by atoms with van der Waals surface area (Å²) in [6.45, 7) is 3.61. The van der Waals surface area contributed by atoms with Gasteiger partial charge in [-0.1, -0.05) is 17.7 Å². The number of hydrogen-bond acceptors (Lipinski definition) is 3. The number of hydrogen-bond donors (Lipinski definition) is 2. The third kappa shape index (κ3) is 2.61. The van der Waals surface area contributed by atoms with Crippen LogP contribution >= 0.6 is 11.6 Å². The van der Waals surface area contributed by atoms with Crippen molar-refractivity contribution in [3.63, 3.8) is 0 Å². The quantitative estimate of drug-likeness (QED) is 0.505. The maximum atomic E-state index is 11.9. The molecule has 3 amide bonds. The number of imide groups is 1. The topological polar surface area (TPSA) is 69.6 Å². The Bertz CT molecular complexity index is 596. The molecule has 2 rings (SSSR count). The Labute approximate surface area is 114 Å². The molecule has 6 heteroatoms. The Kier molecular flexibility index (Phi) is 3.57. The molecule has 5 nitrogen and oxygen atoms in total. The molecule has 0 aliphatic carbocycles. The number of carbonyl (C=O) groups is 2. The Morgan fingerprint density at radius 2 is 2.16 bits per heavy atom. The van der Waals surface area contributed by atoms with Gasteiger partial charge >= 0.3 is 6.03 Å². The van der Waals surface area contributed by atoms with Gasteiger partial charge in [0.1, 0.15) is 11.4 Å². The molecule has 1 aromatic carbocycles. The van der Waals surface area contributed by atoms with Crippen LogP contribution in [0.1, 0.15) is 5.56 Å². The molecule has 1 aliphatic heterocycles. The van der Waals surface area contributed by atoms with Crippen molar-refractivity contribution < 1.29 is 14.7 Å². The van der Waals surface area contributed by atoms with Gasteiger partial charge in [-0.2, -0.15) is 0 Å². The first kappa shape index (κ1) is 13.2. The van der Waals surface area contributed by atoms with E-state index < -0.39 is 11.9 Å². The normalized spacial score (nSPS) is 16.9. The predicted molar refractivity (Wildman–Crippen MR) is 71.5 cm³/mol. The highest BCUT2D eigenvalue weighted by molar-refractivity contribution is 6.30. The van der Waals surface area contributed by atoms with E-state index >= 15 is 0 Å². The maximum absolute atomic E-state index is 11.9. The van der Waals surface area contributed by atoms with Crippen LogP contribution in [0.15, 0.2) is 36.6 Å². The second-order valence-corrected chi connectivity index (χ2v) is 4.33. The molecule has 2 N–H and O–H groups in total. The number of rotatable bonds is 3. The average molecular weight is 279 g/mol. The van der Waals surface area contributed by atoms with Crippen LogP contribution in [0.2, 0.25) is 5.02 Å². The molecule has 0 saturated carbocycles. The van der Waals surface area contributed by atoms with Crippen LogP contribution < -0.4 is 5.32 Å². The van der Waals surface area contributed by atoms with E-state index in [9.17, 15) is 14.7 Å². The summed E-state index contributed by atoms with van der Waals surface area (Å²) in [5.41, 5.74) is 0.445. The molecule has 19 heavy (non-hydrogen) atoms. The molecule has 0 radical (unpaired) electrons. The van der Waals surface area contributed by atoms with E-state index in [4.69, 9.17) is 11.6 Å². The van der Waals surface area contributed by atoms with Crippen LogP contribution in [0.5, 0.6) is 5.75 Å². The fourth-order valence-electron chi connectivity index (χ4n) is 1.66. The summed E-state index contributed by atoms with van der Waals surface area (Å²) < 4.78 is 0. The third-order valence-electron chi connectivity index (χ3n) is 2.56. The lowest BCUT2D eigenvalue weighted by Gasteiger charge is -2.06. The number of phenolic OH excluding ortho intramolecular Hbond substituents is 1. The van der Waals surface area contributed by atoms with E-state index in [0.717, 1.165) is 4.90 Å². The first-order valence-electron chi connectivity index (χ1n) is 5.47. The largest absolute Gasteiger partial charge is 0.507 e. The van der Waals surface area contributed by atoms with Crippen molar-refractivity contribution in [3.05, 3.63) is 47.1 Å². The summed E-state index contributed by atoms with van der Waals surface area (Å²) in [5, 5.41) is 12.5. The van der Waals surface area contributed by atoms with Gasteiger partial charge < -0.3 is 10.4 Å². The van der Waals surface area contributed by atoms with E-state index in [0.29, 0.717) is 10.6 Å². The zero-order valence-electron chi connectivity index (χ0n) is 9.89. The van der Waals surface area contributed by atoms with Crippen LogP contribution in [0, 0.1) is 0 Å². The van der Waals surface area contributed by atoms with Gasteiger partial charge in [-0.3, -0.25) is 9.69 Å². The number of carbonyl (C=O) groups excluding carboxylic acids is 2. The fraction of sp³-hybridized carbons (Fsp3) is 0.0769. The lowest BCUT2D eigenvalue weighted by molar-refractivity contribution is -0.122. The van der Waals surface area contributed by atoms with Crippen molar-refractivity contribution in [1.82, 2.24) is 10.2 Å². The highest BCUT2D eigenvalue weighted by atomic mass is 35.5. The van der Waals surface area contributed by atoms with E-state index in [1.165, 1.54) is 30.4 Å². The highest BCUT2D eigenvalue weighted by Gasteiger charge is 2.32. The summed E-state index contributed by atoms with van der Waals surface area (Å²) in [4.78, 5) is 24.5. The number of aromatic hydroxyl groups is 1. The van der Waals surface area contributed by atoms with Crippen LogP contribution in [0.4, 0.5) is 4.79 Å². The number of nitrogens with zero attached hydrogens (tertiary/aromatic N) is 1. The smallest absolute Gasteiger partial charge is 0.329 e. The Hall–Kier alpha value is -2.27. The number of nitrogens with one attached hydrogen (secondary N) is 1. The van der Waals surface area contributed by atoms with Crippen molar-refractivity contribution in [2.45, 2.75) is 0 Å². The summed E-state index contributed by atoms with van der Waals surface area (Å²) in [5.74, 6) is -0.495. The molecule has 1 aromatic rings. The number of urea groups is 1. The molecular weight excluding hydrogens is 268 g/mol. The minimum absolute atomic E-state index is 0.0267. The van der Waals surface area contributed by atoms with Crippen molar-refractivity contribution in [2.24, 2.45) is 0 Å². The van der Waals surface area contributed by atoms with Gasteiger partial charge in [0.05, 0.1) is 0 Å². The lowest BCUT2D eigenvalue weighted by atomic mass is 10.1. The Morgan fingerprint density at radius 3 is 2.84 bits per heavy atom. The zero-order chi connectivity index (χ0) is 14.0. The van der Waals surface area contributed by atoms with Gasteiger partial charge in [0.2, 0.25) is 0 Å². The first-order valence-corrected chi connectivity index (χ1v) is 5.84. The molecule has 0 spiro atoms. The maximum Gasteiger partial charge on any atom is 0.329 e. The van der Waals surface area contributed by atoms with Gasteiger partial charge in [0.15, 0.2) is 0 Å². The second kappa shape index (κ2) is 5.16. The monoisotopic (exact) mass is 278 g/mol. The van der Waals surface area contributed by atoms with Crippen molar-refractivity contribution in [2.75, 3.05) is 6.54 Å². The molecule has 1 saturated heterocycles. The molecule has 1 aliphatic rings. The molecule has 0 atom stereocenters. The first-order chi connectivity index (χ1) is 9.02. The van der Waals surface area contributed by atoms with E-state index in [1.807, 2.05) is 0 Å².